The van der Waals surface area contributed by atoms with E-state index in [-0.39, 0.29) is 17.5 Å². The van der Waals surface area contributed by atoms with Crippen LogP contribution in [0.3, 0.4) is 0 Å². The molecule has 144 valence electrons. The average molecular weight is 374 g/mol. The molecule has 3 rings (SSSR count). The van der Waals surface area contributed by atoms with Gasteiger partial charge in [-0.25, -0.2) is 0 Å². The van der Waals surface area contributed by atoms with Gasteiger partial charge in [0.15, 0.2) is 0 Å². The van der Waals surface area contributed by atoms with Crippen molar-refractivity contribution in [2.24, 2.45) is 0 Å². The maximum atomic E-state index is 12.6. The van der Waals surface area contributed by atoms with Crippen LogP contribution >= 0.6 is 0 Å². The van der Waals surface area contributed by atoms with Gasteiger partial charge in [-0.2, -0.15) is 5.26 Å². The van der Waals surface area contributed by atoms with E-state index in [1.165, 1.54) is 35.7 Å². The molecule has 1 aliphatic rings. The van der Waals surface area contributed by atoms with Crippen LogP contribution in [0.2, 0.25) is 0 Å². The summed E-state index contributed by atoms with van der Waals surface area (Å²) in [7, 11) is 0. The fourth-order valence-electron chi connectivity index (χ4n) is 3.65. The van der Waals surface area contributed by atoms with Gasteiger partial charge >= 0.3 is 0 Å². The summed E-state index contributed by atoms with van der Waals surface area (Å²) in [4.78, 5) is 12.6. The fourth-order valence-corrected chi connectivity index (χ4v) is 3.65. The highest BCUT2D eigenvalue weighted by Crippen LogP contribution is 2.25. The molecule has 2 aromatic carbocycles. The Morgan fingerprint density at radius 3 is 2.57 bits per heavy atom. The van der Waals surface area contributed by atoms with Crippen LogP contribution in [0, 0.1) is 25.2 Å². The first-order valence-electron chi connectivity index (χ1n) is 9.84. The number of nitriles is 1. The molecule has 4 heteroatoms. The number of hydrogen-bond donors (Lipinski definition) is 2. The van der Waals surface area contributed by atoms with E-state index in [0.717, 1.165) is 29.7 Å². The molecule has 1 atom stereocenters. The molecule has 0 heterocycles. The number of aryl methyl sites for hydroxylation is 4. The third kappa shape index (κ3) is 4.61. The van der Waals surface area contributed by atoms with Crippen LogP contribution in [-0.4, -0.2) is 5.91 Å². The van der Waals surface area contributed by atoms with Crippen molar-refractivity contribution in [2.45, 2.75) is 52.5 Å². The molecule has 0 fully saturated rings. The second kappa shape index (κ2) is 8.75. The number of rotatable bonds is 5. The molecule has 28 heavy (non-hydrogen) atoms. The van der Waals surface area contributed by atoms with Gasteiger partial charge < -0.3 is 10.6 Å². The summed E-state index contributed by atoms with van der Waals surface area (Å²) < 4.78 is 0. The maximum Gasteiger partial charge on any atom is 0.263 e. The van der Waals surface area contributed by atoms with E-state index in [2.05, 4.69) is 34.9 Å². The standard InChI is InChI=1S/C24H27N3O/c1-16-8-11-23(17(2)12-16)26-15-22(14-25)24(28)27-18(3)20-10-9-19-6-4-5-7-21(19)13-20/h8-13,15,18,26H,4-7H2,1-3H3,(H,27,28)/b22-15-. The first kappa shape index (κ1) is 19.7. The SMILES string of the molecule is Cc1ccc(N/C=C(/C#N)C(=O)NC(C)c2ccc3c(c2)CCCC3)c(C)c1. The lowest BCUT2D eigenvalue weighted by atomic mass is 9.89. The zero-order valence-electron chi connectivity index (χ0n) is 16.8. The lowest BCUT2D eigenvalue weighted by Gasteiger charge is -2.20. The minimum atomic E-state index is -0.370. The average Bonchev–Trinajstić information content (AvgIpc) is 2.69. The van der Waals surface area contributed by atoms with Gasteiger partial charge in [-0.05, 0) is 74.8 Å². The Morgan fingerprint density at radius 2 is 1.86 bits per heavy atom. The molecule has 0 aromatic heterocycles. The maximum absolute atomic E-state index is 12.6. The van der Waals surface area contributed by atoms with Crippen LogP contribution in [0.25, 0.3) is 0 Å². The zero-order chi connectivity index (χ0) is 20.1. The van der Waals surface area contributed by atoms with E-state index in [9.17, 15) is 10.1 Å². The fraction of sp³-hybridized carbons (Fsp3) is 0.333. The molecule has 1 amide bonds. The van der Waals surface area contributed by atoms with Gasteiger partial charge in [0.25, 0.3) is 5.91 Å². The van der Waals surface area contributed by atoms with Gasteiger partial charge in [-0.3, -0.25) is 4.79 Å². The van der Waals surface area contributed by atoms with Crippen molar-refractivity contribution in [3.8, 4) is 6.07 Å². The molecule has 0 spiro atoms. The van der Waals surface area contributed by atoms with E-state index in [1.807, 2.05) is 39.0 Å². The third-order valence-electron chi connectivity index (χ3n) is 5.34. The van der Waals surface area contributed by atoms with Crippen LogP contribution < -0.4 is 10.6 Å². The Morgan fingerprint density at radius 1 is 1.11 bits per heavy atom. The van der Waals surface area contributed by atoms with Crippen molar-refractivity contribution in [3.05, 3.63) is 76.0 Å². The summed E-state index contributed by atoms with van der Waals surface area (Å²) in [6.07, 6.45) is 6.20. The van der Waals surface area contributed by atoms with E-state index in [4.69, 9.17) is 0 Å². The smallest absolute Gasteiger partial charge is 0.263 e. The summed E-state index contributed by atoms with van der Waals surface area (Å²) >= 11 is 0. The molecule has 0 aliphatic heterocycles. The highest BCUT2D eigenvalue weighted by Gasteiger charge is 2.16. The third-order valence-corrected chi connectivity index (χ3v) is 5.34. The molecule has 4 nitrogen and oxygen atoms in total. The normalized spacial score (nSPS) is 14.6. The van der Waals surface area contributed by atoms with Gasteiger partial charge in [-0.15, -0.1) is 0 Å². The number of nitrogens with zero attached hydrogens (tertiary/aromatic N) is 1. The minimum Gasteiger partial charge on any atom is -0.360 e. The van der Waals surface area contributed by atoms with Crippen molar-refractivity contribution in [3.63, 3.8) is 0 Å². The van der Waals surface area contributed by atoms with Crippen LogP contribution in [0.15, 0.2) is 48.2 Å². The van der Waals surface area contributed by atoms with Crippen molar-refractivity contribution in [1.82, 2.24) is 5.32 Å². The topological polar surface area (TPSA) is 64.9 Å². The van der Waals surface area contributed by atoms with Gasteiger partial charge in [0.1, 0.15) is 11.6 Å². The summed E-state index contributed by atoms with van der Waals surface area (Å²) in [6.45, 7) is 5.98. The Labute approximate surface area is 167 Å². The highest BCUT2D eigenvalue weighted by atomic mass is 16.1. The quantitative estimate of drug-likeness (QED) is 0.580. The number of fused-ring (bicyclic) bond motifs is 1. The number of amides is 1. The summed E-state index contributed by atoms with van der Waals surface area (Å²) in [5.74, 6) is -0.370. The highest BCUT2D eigenvalue weighted by molar-refractivity contribution is 5.97. The first-order valence-corrected chi connectivity index (χ1v) is 9.84. The van der Waals surface area contributed by atoms with Gasteiger partial charge in [-0.1, -0.05) is 35.9 Å². The van der Waals surface area contributed by atoms with Crippen molar-refractivity contribution in [2.75, 3.05) is 5.32 Å². The van der Waals surface area contributed by atoms with Crippen LogP contribution in [-0.2, 0) is 17.6 Å². The Hall–Kier alpha value is -3.06. The number of nitrogens with one attached hydrogen (secondary N) is 2. The number of benzene rings is 2. The second-order valence-electron chi connectivity index (χ2n) is 7.56. The lowest BCUT2D eigenvalue weighted by Crippen LogP contribution is -2.28. The lowest BCUT2D eigenvalue weighted by molar-refractivity contribution is -0.117. The first-order chi connectivity index (χ1) is 13.5. The van der Waals surface area contributed by atoms with Crippen molar-refractivity contribution < 1.29 is 4.79 Å². The van der Waals surface area contributed by atoms with Crippen molar-refractivity contribution in [1.29, 1.82) is 5.26 Å². The van der Waals surface area contributed by atoms with Gasteiger partial charge in [0, 0.05) is 11.9 Å². The van der Waals surface area contributed by atoms with Crippen LogP contribution in [0.5, 0.6) is 0 Å². The number of anilines is 1. The summed E-state index contributed by atoms with van der Waals surface area (Å²) in [6, 6.07) is 14.3. The number of carbonyl (C=O) groups excluding carboxylic acids is 1. The van der Waals surface area contributed by atoms with Gasteiger partial charge in [0.2, 0.25) is 0 Å². The van der Waals surface area contributed by atoms with Crippen LogP contribution in [0.4, 0.5) is 5.69 Å². The Bertz CT molecular complexity index is 953. The molecule has 2 N–H and O–H groups in total. The predicted molar refractivity (Wildman–Crippen MR) is 113 cm³/mol. The molecule has 1 aliphatic carbocycles. The summed E-state index contributed by atoms with van der Waals surface area (Å²) in [5, 5.41) is 15.4. The predicted octanol–water partition coefficient (Wildman–Crippen LogP) is 4.88. The minimum absolute atomic E-state index is 0.0600. The van der Waals surface area contributed by atoms with Crippen molar-refractivity contribution >= 4 is 11.6 Å². The number of carbonyl (C=O) groups is 1. The summed E-state index contributed by atoms with van der Waals surface area (Å²) in [5.41, 5.74) is 7.06. The molecular weight excluding hydrogens is 346 g/mol. The molecule has 0 saturated heterocycles. The number of hydrogen-bond acceptors (Lipinski definition) is 3. The molecule has 0 bridgehead atoms. The van der Waals surface area contributed by atoms with Crippen LogP contribution in [0.1, 0.15) is 53.6 Å². The van der Waals surface area contributed by atoms with E-state index in [0.29, 0.717) is 0 Å². The second-order valence-corrected chi connectivity index (χ2v) is 7.56. The molecular formula is C24H27N3O. The Kier molecular flexibility index (Phi) is 6.16. The molecule has 0 saturated carbocycles. The monoisotopic (exact) mass is 373 g/mol. The Balaban J connectivity index is 1.68. The molecule has 1 unspecified atom stereocenters. The van der Waals surface area contributed by atoms with E-state index in [1.54, 1.807) is 0 Å². The van der Waals surface area contributed by atoms with E-state index < -0.39 is 0 Å². The molecule has 2 aromatic rings. The van der Waals surface area contributed by atoms with Gasteiger partial charge in [0.05, 0.1) is 6.04 Å². The largest absolute Gasteiger partial charge is 0.360 e. The molecule has 0 radical (unpaired) electrons. The van der Waals surface area contributed by atoms with E-state index >= 15 is 0 Å². The zero-order valence-corrected chi connectivity index (χ0v) is 16.8.